The van der Waals surface area contributed by atoms with Gasteiger partial charge in [-0.2, -0.15) is 0 Å². The summed E-state index contributed by atoms with van der Waals surface area (Å²) in [6.45, 7) is 9.92. The summed E-state index contributed by atoms with van der Waals surface area (Å²) < 4.78 is 0. The zero-order valence-electron chi connectivity index (χ0n) is 13.9. The van der Waals surface area contributed by atoms with Crippen molar-refractivity contribution in [2.45, 2.75) is 27.2 Å². The van der Waals surface area contributed by atoms with E-state index in [-0.39, 0.29) is 0 Å². The lowest BCUT2D eigenvalue weighted by Crippen LogP contribution is -1.84. The van der Waals surface area contributed by atoms with Crippen LogP contribution < -0.4 is 0 Å². The second-order valence-corrected chi connectivity index (χ2v) is 5.09. The third kappa shape index (κ3) is 6.41. The first-order valence-corrected chi connectivity index (χ1v) is 7.72. The predicted molar refractivity (Wildman–Crippen MR) is 100.0 cm³/mol. The normalized spacial score (nSPS) is 11.0. The van der Waals surface area contributed by atoms with E-state index in [1.165, 1.54) is 22.3 Å². The van der Waals surface area contributed by atoms with E-state index in [2.05, 4.69) is 75.1 Å². The Labute approximate surface area is 135 Å². The van der Waals surface area contributed by atoms with Gasteiger partial charge in [0.25, 0.3) is 0 Å². The van der Waals surface area contributed by atoms with Crippen molar-refractivity contribution < 1.29 is 0 Å². The molecule has 0 N–H and O–H groups in total. The molecule has 2 rings (SSSR count). The minimum absolute atomic E-state index is 0.940. The third-order valence-electron chi connectivity index (χ3n) is 3.26. The Hall–Kier alpha value is -2.34. The average Bonchev–Trinajstić information content (AvgIpc) is 2.55. The monoisotopic (exact) mass is 290 g/mol. The zero-order chi connectivity index (χ0) is 16.2. The van der Waals surface area contributed by atoms with Crippen molar-refractivity contribution in [2.24, 2.45) is 0 Å². The smallest absolute Gasteiger partial charge is 0.0100 e. The molecule has 22 heavy (non-hydrogen) atoms. The summed E-state index contributed by atoms with van der Waals surface area (Å²) in [5.41, 5.74) is 5.17. The SMILES string of the molecule is C=CCc1ccc(C(/C=C\C)=C/C)cc1.Cc1ccccc1. The number of hydrogen-bond donors (Lipinski definition) is 0. The van der Waals surface area contributed by atoms with E-state index < -0.39 is 0 Å². The van der Waals surface area contributed by atoms with Gasteiger partial charge in [-0.05, 0) is 43.9 Å². The Morgan fingerprint density at radius 2 is 1.59 bits per heavy atom. The van der Waals surface area contributed by atoms with Crippen LogP contribution in [0.5, 0.6) is 0 Å². The maximum atomic E-state index is 3.74. The van der Waals surface area contributed by atoms with E-state index >= 15 is 0 Å². The Balaban J connectivity index is 0.000000287. The fourth-order valence-corrected chi connectivity index (χ4v) is 2.07. The van der Waals surface area contributed by atoms with Crippen molar-refractivity contribution in [3.63, 3.8) is 0 Å². The maximum absolute atomic E-state index is 3.74. The fraction of sp³-hybridized carbons (Fsp3) is 0.182. The first kappa shape index (κ1) is 17.7. The molecule has 0 unspecified atom stereocenters. The summed E-state index contributed by atoms with van der Waals surface area (Å²) in [5.74, 6) is 0. The Bertz CT molecular complexity index is 598. The van der Waals surface area contributed by atoms with Crippen LogP contribution in [0.1, 0.15) is 30.5 Å². The molecule has 0 saturated heterocycles. The molecule has 0 heterocycles. The van der Waals surface area contributed by atoms with Crippen molar-refractivity contribution in [3.05, 3.63) is 102 Å². The van der Waals surface area contributed by atoms with E-state index in [0.29, 0.717) is 0 Å². The minimum Gasteiger partial charge on any atom is -0.103 e. The summed E-state index contributed by atoms with van der Waals surface area (Å²) in [6.07, 6.45) is 9.19. The lowest BCUT2D eigenvalue weighted by molar-refractivity contribution is 1.27. The number of rotatable bonds is 4. The van der Waals surface area contributed by atoms with Gasteiger partial charge in [-0.1, -0.05) is 84.5 Å². The Kier molecular flexibility index (Phi) is 8.37. The van der Waals surface area contributed by atoms with Crippen LogP contribution in [0.4, 0.5) is 0 Å². The highest BCUT2D eigenvalue weighted by Crippen LogP contribution is 2.16. The summed E-state index contributed by atoms with van der Waals surface area (Å²) in [5, 5.41) is 0. The fourth-order valence-electron chi connectivity index (χ4n) is 2.07. The van der Waals surface area contributed by atoms with Gasteiger partial charge < -0.3 is 0 Å². The van der Waals surface area contributed by atoms with Crippen LogP contribution >= 0.6 is 0 Å². The lowest BCUT2D eigenvalue weighted by atomic mass is 10.0. The maximum Gasteiger partial charge on any atom is -0.0100 e. The molecule has 0 aromatic heterocycles. The Morgan fingerprint density at radius 3 is 2.00 bits per heavy atom. The molecule has 0 atom stereocenters. The summed E-state index contributed by atoms with van der Waals surface area (Å²) >= 11 is 0. The molecular weight excluding hydrogens is 264 g/mol. The first-order chi connectivity index (χ1) is 10.7. The summed E-state index contributed by atoms with van der Waals surface area (Å²) in [4.78, 5) is 0. The molecule has 0 aliphatic rings. The molecule has 0 spiro atoms. The van der Waals surface area contributed by atoms with Crippen LogP contribution in [0.25, 0.3) is 5.57 Å². The van der Waals surface area contributed by atoms with Crippen LogP contribution in [0, 0.1) is 6.92 Å². The molecule has 2 aromatic rings. The quantitative estimate of drug-likeness (QED) is 0.452. The molecule has 0 saturated carbocycles. The van der Waals surface area contributed by atoms with E-state index in [1.54, 1.807) is 0 Å². The highest BCUT2D eigenvalue weighted by molar-refractivity contribution is 5.73. The van der Waals surface area contributed by atoms with Crippen LogP contribution in [-0.4, -0.2) is 0 Å². The number of hydrogen-bond acceptors (Lipinski definition) is 0. The van der Waals surface area contributed by atoms with E-state index in [9.17, 15) is 0 Å². The standard InChI is InChI=1S/C15H18.C7H8/c1-4-7-13-9-11-15(12-10-13)14(6-3)8-5-2;1-7-5-3-2-4-6-7/h4-6,8-12H,1,7H2,2-3H3;2-6H,1H3/b8-5-,14-6+;. The topological polar surface area (TPSA) is 0 Å². The number of aryl methyl sites for hydroxylation is 1. The van der Waals surface area contributed by atoms with Crippen LogP contribution in [0.2, 0.25) is 0 Å². The van der Waals surface area contributed by atoms with E-state index in [1.807, 2.05) is 31.2 Å². The highest BCUT2D eigenvalue weighted by Gasteiger charge is 1.96. The Morgan fingerprint density at radius 1 is 0.955 bits per heavy atom. The molecular formula is C22H26. The van der Waals surface area contributed by atoms with Gasteiger partial charge in [0.2, 0.25) is 0 Å². The van der Waals surface area contributed by atoms with Gasteiger partial charge in [-0.3, -0.25) is 0 Å². The molecule has 0 nitrogen and oxygen atoms in total. The second kappa shape index (κ2) is 10.4. The third-order valence-corrected chi connectivity index (χ3v) is 3.26. The van der Waals surface area contributed by atoms with Crippen molar-refractivity contribution in [3.8, 4) is 0 Å². The van der Waals surface area contributed by atoms with E-state index in [4.69, 9.17) is 0 Å². The van der Waals surface area contributed by atoms with E-state index in [0.717, 1.165) is 6.42 Å². The molecule has 0 bridgehead atoms. The average molecular weight is 290 g/mol. The van der Waals surface area contributed by atoms with Crippen LogP contribution in [-0.2, 0) is 6.42 Å². The molecule has 2 aromatic carbocycles. The lowest BCUT2D eigenvalue weighted by Gasteiger charge is -2.03. The second-order valence-electron chi connectivity index (χ2n) is 5.09. The van der Waals surface area contributed by atoms with Crippen molar-refractivity contribution >= 4 is 5.57 Å². The largest absolute Gasteiger partial charge is 0.103 e. The van der Waals surface area contributed by atoms with Crippen molar-refractivity contribution in [1.82, 2.24) is 0 Å². The van der Waals surface area contributed by atoms with Gasteiger partial charge in [0.1, 0.15) is 0 Å². The van der Waals surface area contributed by atoms with Gasteiger partial charge in [0.15, 0.2) is 0 Å². The van der Waals surface area contributed by atoms with Crippen LogP contribution in [0.15, 0.2) is 85.5 Å². The van der Waals surface area contributed by atoms with Gasteiger partial charge in [0, 0.05) is 0 Å². The highest BCUT2D eigenvalue weighted by atomic mass is 14.0. The summed E-state index contributed by atoms with van der Waals surface area (Å²) in [7, 11) is 0. The predicted octanol–water partition coefficient (Wildman–Crippen LogP) is 6.39. The first-order valence-electron chi connectivity index (χ1n) is 7.72. The van der Waals surface area contributed by atoms with Gasteiger partial charge in [0.05, 0.1) is 0 Å². The molecule has 0 radical (unpaired) electrons. The minimum atomic E-state index is 0.940. The van der Waals surface area contributed by atoms with Gasteiger partial charge in [-0.25, -0.2) is 0 Å². The van der Waals surface area contributed by atoms with Crippen molar-refractivity contribution in [1.29, 1.82) is 0 Å². The molecule has 114 valence electrons. The molecule has 0 aliphatic carbocycles. The number of benzene rings is 2. The number of allylic oxidation sites excluding steroid dienone is 5. The van der Waals surface area contributed by atoms with Crippen LogP contribution in [0.3, 0.4) is 0 Å². The molecule has 0 amide bonds. The van der Waals surface area contributed by atoms with Gasteiger partial charge in [-0.15, -0.1) is 6.58 Å². The molecule has 0 fully saturated rings. The molecule has 0 heteroatoms. The zero-order valence-corrected chi connectivity index (χ0v) is 13.9. The van der Waals surface area contributed by atoms with Crippen molar-refractivity contribution in [2.75, 3.05) is 0 Å². The molecule has 0 aliphatic heterocycles. The summed E-state index contributed by atoms with van der Waals surface area (Å²) in [6, 6.07) is 18.9. The van der Waals surface area contributed by atoms with Gasteiger partial charge >= 0.3 is 0 Å².